The zero-order valence-corrected chi connectivity index (χ0v) is 10.5. The molecule has 1 saturated carbocycles. The Bertz CT molecular complexity index is 535. The summed E-state index contributed by atoms with van der Waals surface area (Å²) < 4.78 is 26.5. The predicted octanol–water partition coefficient (Wildman–Crippen LogP) is 1.70. The van der Waals surface area contributed by atoms with Crippen molar-refractivity contribution in [3.63, 3.8) is 0 Å². The van der Waals surface area contributed by atoms with Gasteiger partial charge in [-0.2, -0.15) is 5.26 Å². The van der Waals surface area contributed by atoms with Gasteiger partial charge in [-0.25, -0.2) is 13.1 Å². The fourth-order valence-corrected chi connectivity index (χ4v) is 3.60. The van der Waals surface area contributed by atoms with Gasteiger partial charge >= 0.3 is 0 Å². The van der Waals surface area contributed by atoms with E-state index in [9.17, 15) is 8.42 Å². The van der Waals surface area contributed by atoms with Crippen molar-refractivity contribution in [1.29, 1.82) is 5.26 Å². The Morgan fingerprint density at radius 1 is 1.56 bits per heavy atom. The first kappa shape index (κ1) is 11.6. The Morgan fingerprint density at radius 3 is 2.75 bits per heavy atom. The van der Waals surface area contributed by atoms with E-state index < -0.39 is 10.0 Å². The fraction of sp³-hybridized carbons (Fsp3) is 0.500. The van der Waals surface area contributed by atoms with Gasteiger partial charge in [0, 0.05) is 6.54 Å². The van der Waals surface area contributed by atoms with Crippen LogP contribution >= 0.6 is 11.3 Å². The first-order valence-electron chi connectivity index (χ1n) is 4.95. The first-order valence-corrected chi connectivity index (χ1v) is 7.25. The zero-order valence-electron chi connectivity index (χ0n) is 8.86. The van der Waals surface area contributed by atoms with E-state index in [1.54, 1.807) is 0 Å². The maximum Gasteiger partial charge on any atom is 0.250 e. The van der Waals surface area contributed by atoms with Gasteiger partial charge in [0.15, 0.2) is 0 Å². The van der Waals surface area contributed by atoms with Crippen LogP contribution in [-0.4, -0.2) is 15.0 Å². The van der Waals surface area contributed by atoms with Crippen molar-refractivity contribution in [2.45, 2.75) is 24.0 Å². The third-order valence-electron chi connectivity index (χ3n) is 2.75. The molecule has 0 saturated heterocycles. The fourth-order valence-electron chi connectivity index (χ4n) is 1.26. The third-order valence-corrected chi connectivity index (χ3v) is 5.63. The van der Waals surface area contributed by atoms with Gasteiger partial charge in [0.25, 0.3) is 0 Å². The topological polar surface area (TPSA) is 70.0 Å². The lowest BCUT2D eigenvalue weighted by molar-refractivity contribution is 0.531. The van der Waals surface area contributed by atoms with Crippen molar-refractivity contribution in [2.24, 2.45) is 5.41 Å². The van der Waals surface area contributed by atoms with E-state index in [1.165, 1.54) is 12.1 Å². The summed E-state index contributed by atoms with van der Waals surface area (Å²) in [5.74, 6) is 0. The highest BCUT2D eigenvalue weighted by atomic mass is 32.2. The molecule has 0 aromatic carbocycles. The molecule has 0 amide bonds. The number of nitrogens with zero attached hydrogens (tertiary/aromatic N) is 1. The van der Waals surface area contributed by atoms with Crippen molar-refractivity contribution in [3.8, 4) is 6.07 Å². The molecular formula is C10H12N2O2S2. The summed E-state index contributed by atoms with van der Waals surface area (Å²) in [6, 6.07) is 4.93. The average Bonchev–Trinajstić information content (AvgIpc) is 2.81. The highest BCUT2D eigenvalue weighted by Gasteiger charge is 2.38. The van der Waals surface area contributed by atoms with Crippen LogP contribution in [-0.2, 0) is 10.0 Å². The summed E-state index contributed by atoms with van der Waals surface area (Å²) in [6.45, 7) is 2.54. The van der Waals surface area contributed by atoms with Crippen LogP contribution in [0.1, 0.15) is 24.6 Å². The molecule has 1 aromatic rings. The molecule has 0 spiro atoms. The summed E-state index contributed by atoms with van der Waals surface area (Å²) in [5.41, 5.74) is 0.141. The maximum atomic E-state index is 11.8. The van der Waals surface area contributed by atoms with Crippen molar-refractivity contribution >= 4 is 21.4 Å². The minimum atomic E-state index is -3.43. The minimum absolute atomic E-state index is 0.141. The summed E-state index contributed by atoms with van der Waals surface area (Å²) >= 11 is 0.999. The molecule has 16 heavy (non-hydrogen) atoms. The molecule has 1 fully saturated rings. The van der Waals surface area contributed by atoms with Gasteiger partial charge in [-0.3, -0.25) is 0 Å². The Morgan fingerprint density at radius 2 is 2.25 bits per heavy atom. The SMILES string of the molecule is CC1(CNS(=O)(=O)c2ccc(C#N)s2)CC1. The van der Waals surface area contributed by atoms with Crippen molar-refractivity contribution in [1.82, 2.24) is 4.72 Å². The molecule has 86 valence electrons. The van der Waals surface area contributed by atoms with Gasteiger partial charge in [-0.15, -0.1) is 11.3 Å². The summed E-state index contributed by atoms with van der Waals surface area (Å²) in [5, 5.41) is 8.63. The minimum Gasteiger partial charge on any atom is -0.210 e. The second-order valence-electron chi connectivity index (χ2n) is 4.37. The molecule has 0 radical (unpaired) electrons. The highest BCUT2D eigenvalue weighted by molar-refractivity contribution is 7.91. The van der Waals surface area contributed by atoms with Crippen LogP contribution < -0.4 is 4.72 Å². The molecule has 6 heteroatoms. The molecule has 1 N–H and O–H groups in total. The van der Waals surface area contributed by atoms with Crippen LogP contribution in [0, 0.1) is 16.7 Å². The monoisotopic (exact) mass is 256 g/mol. The number of sulfonamides is 1. The lowest BCUT2D eigenvalue weighted by Crippen LogP contribution is -2.28. The van der Waals surface area contributed by atoms with E-state index in [0.717, 1.165) is 24.2 Å². The van der Waals surface area contributed by atoms with Gasteiger partial charge in [-0.1, -0.05) is 6.92 Å². The number of rotatable bonds is 4. The smallest absolute Gasteiger partial charge is 0.210 e. The number of thiophene rings is 1. The Balaban J connectivity index is 2.09. The van der Waals surface area contributed by atoms with Gasteiger partial charge in [-0.05, 0) is 30.4 Å². The number of nitriles is 1. The Kier molecular flexibility index (Phi) is 2.78. The van der Waals surface area contributed by atoms with Crippen LogP contribution in [0.4, 0.5) is 0 Å². The van der Waals surface area contributed by atoms with E-state index in [4.69, 9.17) is 5.26 Å². The summed E-state index contributed by atoms with van der Waals surface area (Å²) in [7, 11) is -3.43. The second-order valence-corrected chi connectivity index (χ2v) is 7.44. The first-order chi connectivity index (χ1) is 7.45. The summed E-state index contributed by atoms with van der Waals surface area (Å²) in [4.78, 5) is 0.415. The number of nitrogens with one attached hydrogen (secondary N) is 1. The molecule has 2 rings (SSSR count). The van der Waals surface area contributed by atoms with Crippen LogP contribution in [0.3, 0.4) is 0 Å². The van der Waals surface area contributed by atoms with Crippen molar-refractivity contribution in [2.75, 3.05) is 6.54 Å². The molecule has 1 aliphatic carbocycles. The van der Waals surface area contributed by atoms with E-state index in [1.807, 2.05) is 6.07 Å². The summed E-state index contributed by atoms with van der Waals surface area (Å²) in [6.07, 6.45) is 2.15. The Labute approximate surface area is 99.0 Å². The third kappa shape index (κ3) is 2.43. The molecule has 0 atom stereocenters. The van der Waals surface area contributed by atoms with E-state index in [-0.39, 0.29) is 9.62 Å². The quantitative estimate of drug-likeness (QED) is 0.891. The molecule has 4 nitrogen and oxygen atoms in total. The maximum absolute atomic E-state index is 11.8. The molecule has 1 heterocycles. The normalized spacial score (nSPS) is 18.0. The standard InChI is InChI=1S/C10H12N2O2S2/c1-10(4-5-10)7-12-16(13,14)9-3-2-8(6-11)15-9/h2-3,12H,4-5,7H2,1H3. The van der Waals surface area contributed by atoms with Gasteiger partial charge < -0.3 is 0 Å². The van der Waals surface area contributed by atoms with E-state index >= 15 is 0 Å². The highest BCUT2D eigenvalue weighted by Crippen LogP contribution is 2.44. The lowest BCUT2D eigenvalue weighted by Gasteiger charge is -2.09. The zero-order chi connectivity index (χ0) is 11.8. The van der Waals surface area contributed by atoms with Crippen molar-refractivity contribution < 1.29 is 8.42 Å². The van der Waals surface area contributed by atoms with E-state index in [0.29, 0.717) is 11.4 Å². The van der Waals surface area contributed by atoms with Crippen LogP contribution in [0.25, 0.3) is 0 Å². The van der Waals surface area contributed by atoms with Crippen LogP contribution in [0.2, 0.25) is 0 Å². The average molecular weight is 256 g/mol. The van der Waals surface area contributed by atoms with Gasteiger partial charge in [0.1, 0.15) is 15.2 Å². The van der Waals surface area contributed by atoms with Crippen LogP contribution in [0.15, 0.2) is 16.3 Å². The van der Waals surface area contributed by atoms with Gasteiger partial charge in [0.05, 0.1) is 0 Å². The number of hydrogen-bond acceptors (Lipinski definition) is 4. The van der Waals surface area contributed by atoms with Crippen molar-refractivity contribution in [3.05, 3.63) is 17.0 Å². The number of hydrogen-bond donors (Lipinski definition) is 1. The molecule has 1 aliphatic rings. The molecule has 0 aliphatic heterocycles. The largest absolute Gasteiger partial charge is 0.250 e. The lowest BCUT2D eigenvalue weighted by atomic mass is 10.2. The van der Waals surface area contributed by atoms with E-state index in [2.05, 4.69) is 11.6 Å². The Hall–Kier alpha value is -0.900. The molecular weight excluding hydrogens is 244 g/mol. The molecule has 0 unspecified atom stereocenters. The van der Waals surface area contributed by atoms with Crippen LogP contribution in [0.5, 0.6) is 0 Å². The predicted molar refractivity (Wildman–Crippen MR) is 61.6 cm³/mol. The molecule has 1 aromatic heterocycles. The second kappa shape index (κ2) is 3.84. The van der Waals surface area contributed by atoms with Gasteiger partial charge in [0.2, 0.25) is 10.0 Å². The molecule has 0 bridgehead atoms.